The van der Waals surface area contributed by atoms with Gasteiger partial charge in [-0.3, -0.25) is 4.55 Å². The largest absolute Gasteiger partial charge is 0.465 e. The Kier molecular flexibility index (Phi) is 6.88. The van der Waals surface area contributed by atoms with Crippen LogP contribution in [0.3, 0.4) is 0 Å². The Morgan fingerprint density at radius 3 is 2.43 bits per heavy atom. The molecule has 0 radical (unpaired) electrons. The number of methoxy groups -OCH3 is 1. The Bertz CT molecular complexity index is 1720. The zero-order chi connectivity index (χ0) is 26.9. The van der Waals surface area contributed by atoms with Crippen molar-refractivity contribution in [2.45, 2.75) is 16.7 Å². The number of nitrogens with zero attached hydrogens (tertiary/aromatic N) is 6. The van der Waals surface area contributed by atoms with Gasteiger partial charge in [0, 0.05) is 0 Å². The van der Waals surface area contributed by atoms with Crippen molar-refractivity contribution >= 4 is 44.1 Å². The fraction of sp³-hybridized carbons (Fsp3) is 0.0952. The molecule has 0 amide bonds. The number of thiol groups is 1. The number of nitrogens with two attached hydrogens (primary N) is 1. The average Bonchev–Trinajstić information content (AvgIpc) is 3.42. The number of ether oxygens (including phenoxy) is 1. The lowest BCUT2D eigenvalue weighted by Gasteiger charge is -2.10. The fourth-order valence-electron chi connectivity index (χ4n) is 3.40. The van der Waals surface area contributed by atoms with E-state index in [0.717, 1.165) is 36.2 Å². The van der Waals surface area contributed by atoms with Gasteiger partial charge in [-0.05, 0) is 37.3 Å². The number of para-hydroxylation sites is 1. The standard InChI is InChI=1S/C21H19N7O7S2/c1-12-18(19(22)27(26-12)13-6-4-3-5-7-13)24-25-20-15(21(29)35-2)11-23-28(20)16-10-14(36(30)31)8-9-17(16)37(32,33)34/h3-11,36H,22H2,1-2H3,(H,32,33,34)/b25-24+. The molecule has 0 unspecified atom stereocenters. The molecule has 0 bridgehead atoms. The summed E-state index contributed by atoms with van der Waals surface area (Å²) in [7, 11) is -6.87. The molecule has 2 aromatic heterocycles. The van der Waals surface area contributed by atoms with Crippen molar-refractivity contribution in [2.24, 2.45) is 10.2 Å². The highest BCUT2D eigenvalue weighted by atomic mass is 32.2. The third kappa shape index (κ3) is 4.97. The monoisotopic (exact) mass is 545 g/mol. The third-order valence-electron chi connectivity index (χ3n) is 5.12. The number of azo groups is 1. The van der Waals surface area contributed by atoms with Crippen molar-refractivity contribution in [3.63, 3.8) is 0 Å². The maximum Gasteiger partial charge on any atom is 0.343 e. The smallest absolute Gasteiger partial charge is 0.343 e. The van der Waals surface area contributed by atoms with Gasteiger partial charge in [-0.25, -0.2) is 22.6 Å². The Balaban J connectivity index is 1.92. The number of carbonyl (C=O) groups is 1. The Labute approximate surface area is 211 Å². The highest BCUT2D eigenvalue weighted by Gasteiger charge is 2.25. The minimum Gasteiger partial charge on any atom is -0.465 e. The van der Waals surface area contributed by atoms with Crippen molar-refractivity contribution < 1.29 is 30.9 Å². The summed E-state index contributed by atoms with van der Waals surface area (Å²) >= 11 is 0. The van der Waals surface area contributed by atoms with Crippen LogP contribution in [0.4, 0.5) is 17.3 Å². The molecule has 37 heavy (non-hydrogen) atoms. The second kappa shape index (κ2) is 9.92. The highest BCUT2D eigenvalue weighted by Crippen LogP contribution is 2.33. The Morgan fingerprint density at radius 2 is 1.81 bits per heavy atom. The van der Waals surface area contributed by atoms with Crippen molar-refractivity contribution in [1.29, 1.82) is 0 Å². The van der Waals surface area contributed by atoms with E-state index in [0.29, 0.717) is 11.4 Å². The topological polar surface area (TPSA) is 201 Å². The molecular weight excluding hydrogens is 526 g/mol. The number of rotatable bonds is 7. The van der Waals surface area contributed by atoms with Crippen LogP contribution >= 0.6 is 0 Å². The van der Waals surface area contributed by atoms with Crippen LogP contribution < -0.4 is 5.73 Å². The molecular formula is C21H19N7O7S2. The van der Waals surface area contributed by atoms with Gasteiger partial charge in [-0.2, -0.15) is 18.6 Å². The van der Waals surface area contributed by atoms with Gasteiger partial charge in [0.05, 0.1) is 35.3 Å². The maximum absolute atomic E-state index is 12.4. The number of carbonyl (C=O) groups excluding carboxylic acids is 1. The predicted molar refractivity (Wildman–Crippen MR) is 130 cm³/mol. The van der Waals surface area contributed by atoms with Crippen LogP contribution in [0, 0.1) is 6.92 Å². The van der Waals surface area contributed by atoms with Gasteiger partial charge >= 0.3 is 5.97 Å². The fourth-order valence-corrected chi connectivity index (χ4v) is 4.47. The molecule has 2 heterocycles. The maximum atomic E-state index is 12.4. The molecule has 16 heteroatoms. The van der Waals surface area contributed by atoms with E-state index in [1.165, 1.54) is 4.68 Å². The Hall–Kier alpha value is -4.41. The van der Waals surface area contributed by atoms with E-state index < -0.39 is 37.4 Å². The molecule has 192 valence electrons. The van der Waals surface area contributed by atoms with Crippen LogP contribution in [0.25, 0.3) is 11.4 Å². The minimum absolute atomic E-state index is 0.127. The number of hydrogen-bond acceptors (Lipinski definition) is 11. The normalized spacial score (nSPS) is 11.9. The lowest BCUT2D eigenvalue weighted by molar-refractivity contribution is 0.0601. The second-order valence-corrected chi connectivity index (χ2v) is 9.86. The first-order valence-corrected chi connectivity index (χ1v) is 12.9. The first-order valence-electron chi connectivity index (χ1n) is 10.3. The molecule has 0 aliphatic carbocycles. The lowest BCUT2D eigenvalue weighted by Crippen LogP contribution is -2.08. The van der Waals surface area contributed by atoms with Gasteiger partial charge < -0.3 is 10.5 Å². The number of hydrogen-bond donors (Lipinski definition) is 3. The van der Waals surface area contributed by atoms with E-state index in [4.69, 9.17) is 10.5 Å². The van der Waals surface area contributed by atoms with E-state index in [9.17, 15) is 26.2 Å². The summed E-state index contributed by atoms with van der Waals surface area (Å²) in [4.78, 5) is 11.4. The van der Waals surface area contributed by atoms with Crippen LogP contribution in [0.1, 0.15) is 16.1 Å². The third-order valence-corrected chi connectivity index (χ3v) is 6.72. The highest BCUT2D eigenvalue weighted by molar-refractivity contribution is 7.86. The zero-order valence-electron chi connectivity index (χ0n) is 19.2. The molecule has 3 N–H and O–H groups in total. The van der Waals surface area contributed by atoms with E-state index >= 15 is 0 Å². The average molecular weight is 546 g/mol. The Morgan fingerprint density at radius 1 is 1.11 bits per heavy atom. The predicted octanol–water partition coefficient (Wildman–Crippen LogP) is 2.37. The van der Waals surface area contributed by atoms with E-state index in [1.54, 1.807) is 31.2 Å². The number of aryl methyl sites for hydroxylation is 1. The van der Waals surface area contributed by atoms with Gasteiger partial charge in [0.2, 0.25) is 0 Å². The molecule has 4 rings (SSSR count). The van der Waals surface area contributed by atoms with Crippen molar-refractivity contribution in [1.82, 2.24) is 19.6 Å². The molecule has 2 aromatic carbocycles. The molecule has 14 nitrogen and oxygen atoms in total. The second-order valence-electron chi connectivity index (χ2n) is 7.44. The van der Waals surface area contributed by atoms with Crippen molar-refractivity contribution in [3.05, 3.63) is 66.0 Å². The first kappa shape index (κ1) is 25.7. The van der Waals surface area contributed by atoms with E-state index in [1.807, 2.05) is 6.07 Å². The number of nitrogen functional groups attached to an aromatic ring is 1. The molecule has 0 saturated carbocycles. The molecule has 0 aliphatic heterocycles. The minimum atomic E-state index is -4.84. The van der Waals surface area contributed by atoms with Crippen molar-refractivity contribution in [2.75, 3.05) is 12.8 Å². The summed E-state index contributed by atoms with van der Waals surface area (Å²) in [5.74, 6) is -1.08. The SMILES string of the molecule is COC(=O)c1cnn(-c2cc([SH](=O)=O)ccc2S(=O)(=O)O)c1/N=N/c1c(C)nn(-c2ccccc2)c1N. The molecule has 0 fully saturated rings. The summed E-state index contributed by atoms with van der Waals surface area (Å²) in [5, 5.41) is 16.5. The summed E-state index contributed by atoms with van der Waals surface area (Å²) < 4.78 is 63.9. The summed E-state index contributed by atoms with van der Waals surface area (Å²) in [6.45, 7) is 1.63. The lowest BCUT2D eigenvalue weighted by atomic mass is 10.3. The van der Waals surface area contributed by atoms with E-state index in [2.05, 4.69) is 20.4 Å². The van der Waals surface area contributed by atoms with Gasteiger partial charge in [-0.15, -0.1) is 10.2 Å². The number of benzene rings is 2. The van der Waals surface area contributed by atoms with Crippen LogP contribution in [0.15, 0.2) is 74.7 Å². The van der Waals surface area contributed by atoms with Crippen LogP contribution in [-0.4, -0.2) is 54.0 Å². The van der Waals surface area contributed by atoms with Gasteiger partial charge in [-0.1, -0.05) is 18.2 Å². The van der Waals surface area contributed by atoms with Crippen molar-refractivity contribution in [3.8, 4) is 11.4 Å². The van der Waals surface area contributed by atoms with Gasteiger partial charge in [0.15, 0.2) is 28.0 Å². The summed E-state index contributed by atoms with van der Waals surface area (Å²) in [5.41, 5.74) is 6.81. The number of anilines is 1. The zero-order valence-corrected chi connectivity index (χ0v) is 20.9. The number of esters is 1. The molecule has 0 saturated heterocycles. The first-order chi connectivity index (χ1) is 17.5. The summed E-state index contributed by atoms with van der Waals surface area (Å²) in [6, 6.07) is 11.8. The van der Waals surface area contributed by atoms with Crippen LogP contribution in [0.2, 0.25) is 0 Å². The van der Waals surface area contributed by atoms with Gasteiger partial charge in [0.25, 0.3) is 10.1 Å². The van der Waals surface area contributed by atoms with Gasteiger partial charge in [0.1, 0.15) is 10.5 Å². The number of aromatic nitrogens is 4. The molecule has 0 atom stereocenters. The van der Waals surface area contributed by atoms with Crippen LogP contribution in [-0.2, 0) is 25.6 Å². The molecule has 0 spiro atoms. The quantitative estimate of drug-likeness (QED) is 0.134. The molecule has 0 aliphatic rings. The molecule has 4 aromatic rings. The van der Waals surface area contributed by atoms with Crippen LogP contribution in [0.5, 0.6) is 0 Å². The summed E-state index contributed by atoms with van der Waals surface area (Å²) in [6.07, 6.45) is 1.03. The van der Waals surface area contributed by atoms with E-state index in [-0.39, 0.29) is 27.8 Å².